The Bertz CT molecular complexity index is 744. The van der Waals surface area contributed by atoms with Crippen LogP contribution in [0.4, 0.5) is 16.0 Å². The molecule has 3 aromatic heterocycles. The van der Waals surface area contributed by atoms with Crippen molar-refractivity contribution >= 4 is 27.3 Å². The van der Waals surface area contributed by atoms with Crippen LogP contribution in [0.1, 0.15) is 0 Å². The SMILES string of the molecule is C[n+]1[nH]ccc1N=Nc1sc(N)nc1-c1cccnc1. The zero-order valence-corrected chi connectivity index (χ0v) is 11.5. The minimum atomic E-state index is 0.455. The van der Waals surface area contributed by atoms with Crippen molar-refractivity contribution in [3.63, 3.8) is 0 Å². The summed E-state index contributed by atoms with van der Waals surface area (Å²) in [4.78, 5) is 8.37. The lowest BCUT2D eigenvalue weighted by Gasteiger charge is -1.94. The average molecular weight is 286 g/mol. The lowest BCUT2D eigenvalue weighted by atomic mass is 10.2. The van der Waals surface area contributed by atoms with Crippen molar-refractivity contribution in [1.82, 2.24) is 15.1 Å². The molecule has 0 radical (unpaired) electrons. The highest BCUT2D eigenvalue weighted by Gasteiger charge is 2.14. The van der Waals surface area contributed by atoms with Gasteiger partial charge in [0.05, 0.1) is 11.2 Å². The largest absolute Gasteiger partial charge is 0.375 e. The van der Waals surface area contributed by atoms with Gasteiger partial charge in [0, 0.05) is 24.2 Å². The van der Waals surface area contributed by atoms with Gasteiger partial charge in [0.15, 0.2) is 10.1 Å². The summed E-state index contributed by atoms with van der Waals surface area (Å²) in [5.74, 6) is 0.717. The maximum atomic E-state index is 5.77. The van der Waals surface area contributed by atoms with Gasteiger partial charge >= 0.3 is 5.82 Å². The van der Waals surface area contributed by atoms with Gasteiger partial charge in [-0.2, -0.15) is 4.68 Å². The quantitative estimate of drug-likeness (QED) is 0.571. The predicted octanol–water partition coefficient (Wildman–Crippen LogP) is 2.36. The fraction of sp³-hybridized carbons (Fsp3) is 0.0833. The lowest BCUT2D eigenvalue weighted by Crippen LogP contribution is -2.28. The van der Waals surface area contributed by atoms with Crippen LogP contribution in [-0.2, 0) is 7.05 Å². The molecule has 0 saturated heterocycles. The third-order valence-corrected chi connectivity index (χ3v) is 3.42. The molecule has 0 bridgehead atoms. The van der Waals surface area contributed by atoms with Crippen molar-refractivity contribution in [1.29, 1.82) is 0 Å². The Labute approximate surface area is 118 Å². The fourth-order valence-electron chi connectivity index (χ4n) is 1.69. The van der Waals surface area contributed by atoms with Crippen LogP contribution >= 0.6 is 11.3 Å². The Morgan fingerprint density at radius 2 is 2.25 bits per heavy atom. The monoisotopic (exact) mass is 286 g/mol. The first kappa shape index (κ1) is 12.4. The smallest absolute Gasteiger partial charge is 0.370 e. The van der Waals surface area contributed by atoms with Crippen LogP contribution in [-0.4, -0.2) is 15.1 Å². The van der Waals surface area contributed by atoms with Crippen molar-refractivity contribution in [3.05, 3.63) is 36.8 Å². The Kier molecular flexibility index (Phi) is 3.21. The van der Waals surface area contributed by atoms with E-state index in [1.165, 1.54) is 11.3 Å². The first-order valence-electron chi connectivity index (χ1n) is 5.86. The molecule has 3 heterocycles. The van der Waals surface area contributed by atoms with Crippen LogP contribution in [0, 0.1) is 0 Å². The molecule has 3 rings (SSSR count). The molecule has 0 amide bonds. The van der Waals surface area contributed by atoms with E-state index in [0.29, 0.717) is 21.6 Å². The van der Waals surface area contributed by atoms with Gasteiger partial charge < -0.3 is 5.73 Å². The summed E-state index contributed by atoms with van der Waals surface area (Å²) >= 11 is 1.30. The third-order valence-electron chi connectivity index (χ3n) is 2.65. The number of azo groups is 1. The van der Waals surface area contributed by atoms with Gasteiger partial charge in [0.2, 0.25) is 0 Å². The highest BCUT2D eigenvalue weighted by Crippen LogP contribution is 2.37. The molecule has 20 heavy (non-hydrogen) atoms. The molecule has 0 atom stereocenters. The van der Waals surface area contributed by atoms with E-state index in [1.807, 2.05) is 25.2 Å². The minimum absolute atomic E-state index is 0.455. The second kappa shape index (κ2) is 5.17. The van der Waals surface area contributed by atoms with Gasteiger partial charge in [0.1, 0.15) is 12.7 Å². The molecule has 0 aliphatic carbocycles. The highest BCUT2D eigenvalue weighted by atomic mass is 32.1. The zero-order chi connectivity index (χ0) is 13.9. The zero-order valence-electron chi connectivity index (χ0n) is 10.7. The summed E-state index contributed by atoms with van der Waals surface area (Å²) in [6.07, 6.45) is 5.22. The van der Waals surface area contributed by atoms with Crippen LogP contribution in [0.5, 0.6) is 0 Å². The number of aryl methyl sites for hydroxylation is 1. The topological polar surface area (TPSA) is 96.2 Å². The normalized spacial score (nSPS) is 11.2. The minimum Gasteiger partial charge on any atom is -0.375 e. The predicted molar refractivity (Wildman–Crippen MR) is 75.9 cm³/mol. The van der Waals surface area contributed by atoms with E-state index in [1.54, 1.807) is 23.3 Å². The number of rotatable bonds is 3. The van der Waals surface area contributed by atoms with Crippen molar-refractivity contribution < 1.29 is 4.68 Å². The number of hydrogen-bond donors (Lipinski definition) is 2. The number of nitrogens with zero attached hydrogens (tertiary/aromatic N) is 5. The summed E-state index contributed by atoms with van der Waals surface area (Å²) in [6, 6.07) is 5.59. The molecule has 0 aromatic carbocycles. The molecular weight excluding hydrogens is 274 g/mol. The molecular formula is C12H12N7S+. The number of nitrogen functional groups attached to an aromatic ring is 1. The number of pyridine rings is 1. The molecule has 0 aliphatic rings. The molecule has 0 aliphatic heterocycles. The maximum Gasteiger partial charge on any atom is 0.370 e. The van der Waals surface area contributed by atoms with E-state index in [2.05, 4.69) is 25.3 Å². The number of aromatic amines is 1. The molecule has 0 unspecified atom stereocenters. The van der Waals surface area contributed by atoms with Crippen molar-refractivity contribution in [2.75, 3.05) is 5.73 Å². The molecule has 0 spiro atoms. The summed E-state index contributed by atoms with van der Waals surface area (Å²) in [5.41, 5.74) is 7.33. The van der Waals surface area contributed by atoms with Crippen molar-refractivity contribution in [3.8, 4) is 11.3 Å². The molecule has 0 saturated carbocycles. The number of anilines is 1. The summed E-state index contributed by atoms with van der Waals surface area (Å²) in [5, 5.41) is 12.5. The van der Waals surface area contributed by atoms with Crippen LogP contribution in [0.15, 0.2) is 47.0 Å². The number of aromatic nitrogens is 4. The number of thiazole rings is 1. The summed E-state index contributed by atoms with van der Waals surface area (Å²) < 4.78 is 1.76. The number of nitrogens with two attached hydrogens (primary N) is 1. The van der Waals surface area contributed by atoms with Gasteiger partial charge in [-0.1, -0.05) is 11.3 Å². The van der Waals surface area contributed by atoms with Crippen molar-refractivity contribution in [2.24, 2.45) is 17.3 Å². The van der Waals surface area contributed by atoms with Crippen LogP contribution in [0.3, 0.4) is 0 Å². The molecule has 3 aromatic rings. The number of H-pyrrole nitrogens is 1. The molecule has 8 heteroatoms. The van der Waals surface area contributed by atoms with Crippen LogP contribution < -0.4 is 10.4 Å². The molecule has 7 nitrogen and oxygen atoms in total. The fourth-order valence-corrected chi connectivity index (χ4v) is 2.36. The van der Waals surface area contributed by atoms with Gasteiger partial charge in [-0.25, -0.2) is 10.1 Å². The highest BCUT2D eigenvalue weighted by molar-refractivity contribution is 7.19. The summed E-state index contributed by atoms with van der Waals surface area (Å²) in [7, 11) is 1.86. The van der Waals surface area contributed by atoms with E-state index >= 15 is 0 Å². The standard InChI is InChI=1S/C12H11N7S/c1-19-9(4-6-15-19)17-18-11-10(16-12(13)20-11)8-3-2-5-14-7-8/h2-7H,1H3,(H2,13,15,16,17)/p+1. The number of hydrogen-bond acceptors (Lipinski definition) is 6. The molecule has 100 valence electrons. The summed E-state index contributed by atoms with van der Waals surface area (Å²) in [6.45, 7) is 0. The second-order valence-electron chi connectivity index (χ2n) is 4.03. The van der Waals surface area contributed by atoms with E-state index in [9.17, 15) is 0 Å². The Balaban J connectivity index is 1.99. The third kappa shape index (κ3) is 2.41. The van der Waals surface area contributed by atoms with E-state index in [4.69, 9.17) is 5.73 Å². The Hall–Kier alpha value is -2.61. The van der Waals surface area contributed by atoms with Gasteiger partial charge in [-0.15, -0.1) is 0 Å². The molecule has 3 N–H and O–H groups in total. The number of nitrogens with one attached hydrogen (secondary N) is 1. The molecule has 0 fully saturated rings. The maximum absolute atomic E-state index is 5.77. The van der Waals surface area contributed by atoms with Crippen LogP contribution in [0.2, 0.25) is 0 Å². The Morgan fingerprint density at radius 1 is 1.35 bits per heavy atom. The first-order valence-corrected chi connectivity index (χ1v) is 6.67. The Morgan fingerprint density at radius 3 is 2.95 bits per heavy atom. The van der Waals surface area contributed by atoms with E-state index in [-0.39, 0.29) is 0 Å². The lowest BCUT2D eigenvalue weighted by molar-refractivity contribution is -0.714. The van der Waals surface area contributed by atoms with Crippen molar-refractivity contribution in [2.45, 2.75) is 0 Å². The van der Waals surface area contributed by atoms with Gasteiger partial charge in [-0.05, 0) is 17.2 Å². The van der Waals surface area contributed by atoms with E-state index < -0.39 is 0 Å². The van der Waals surface area contributed by atoms with Crippen LogP contribution in [0.25, 0.3) is 11.3 Å². The van der Waals surface area contributed by atoms with Gasteiger partial charge in [-0.3, -0.25) is 4.98 Å². The van der Waals surface area contributed by atoms with E-state index in [0.717, 1.165) is 5.56 Å². The second-order valence-corrected chi connectivity index (χ2v) is 5.04. The van der Waals surface area contributed by atoms with Gasteiger partial charge in [0.25, 0.3) is 0 Å². The first-order chi connectivity index (χ1) is 9.74. The average Bonchev–Trinajstić information content (AvgIpc) is 3.03.